The van der Waals surface area contributed by atoms with Crippen molar-refractivity contribution in [3.8, 4) is 0 Å². The lowest BCUT2D eigenvalue weighted by Gasteiger charge is -2.13. The average molecular weight is 254 g/mol. The van der Waals surface area contributed by atoms with E-state index in [9.17, 15) is 4.79 Å². The maximum absolute atomic E-state index is 11.6. The number of aliphatic hydroxyl groups excluding tert-OH is 1. The molecule has 0 saturated heterocycles. The van der Waals surface area contributed by atoms with Gasteiger partial charge in [0.15, 0.2) is 0 Å². The standard InChI is InChI=1S/C13H16ClNO2/c1-15(9-4-10-16)13(17)8-7-11-5-2-3-6-12(11)14/h2-3,5-8,16H,4,9-10H2,1H3/b8-7+. The summed E-state index contributed by atoms with van der Waals surface area (Å²) in [4.78, 5) is 13.2. The van der Waals surface area contributed by atoms with Gasteiger partial charge in [0.25, 0.3) is 0 Å². The smallest absolute Gasteiger partial charge is 0.246 e. The number of hydrogen-bond donors (Lipinski definition) is 1. The van der Waals surface area contributed by atoms with Gasteiger partial charge in [-0.05, 0) is 24.1 Å². The van der Waals surface area contributed by atoms with Gasteiger partial charge < -0.3 is 10.0 Å². The molecule has 0 aliphatic carbocycles. The molecule has 0 radical (unpaired) electrons. The number of likely N-dealkylation sites (N-methyl/N-ethyl adjacent to an activating group) is 1. The molecule has 0 bridgehead atoms. The van der Waals surface area contributed by atoms with Crippen molar-refractivity contribution in [3.63, 3.8) is 0 Å². The van der Waals surface area contributed by atoms with Crippen molar-refractivity contribution in [2.75, 3.05) is 20.2 Å². The highest BCUT2D eigenvalue weighted by Gasteiger charge is 2.03. The number of halogens is 1. The summed E-state index contributed by atoms with van der Waals surface area (Å²) in [6.45, 7) is 0.633. The van der Waals surface area contributed by atoms with E-state index in [-0.39, 0.29) is 12.5 Å². The third-order valence-corrected chi connectivity index (χ3v) is 2.68. The van der Waals surface area contributed by atoms with E-state index in [1.165, 1.54) is 6.08 Å². The second-order valence-corrected chi connectivity index (χ2v) is 4.10. The van der Waals surface area contributed by atoms with Crippen LogP contribution < -0.4 is 0 Å². The summed E-state index contributed by atoms with van der Waals surface area (Å²) in [6.07, 6.45) is 3.76. The zero-order chi connectivity index (χ0) is 12.7. The van der Waals surface area contributed by atoms with Gasteiger partial charge in [0.1, 0.15) is 0 Å². The lowest BCUT2D eigenvalue weighted by Crippen LogP contribution is -2.26. The van der Waals surface area contributed by atoms with Crippen LogP contribution in [0.5, 0.6) is 0 Å². The van der Waals surface area contributed by atoms with Crippen molar-refractivity contribution in [3.05, 3.63) is 40.9 Å². The average Bonchev–Trinajstić information content (AvgIpc) is 2.34. The Labute approximate surface area is 106 Å². The second-order valence-electron chi connectivity index (χ2n) is 3.69. The first-order valence-corrected chi connectivity index (χ1v) is 5.81. The van der Waals surface area contributed by atoms with Crippen LogP contribution >= 0.6 is 11.6 Å². The van der Waals surface area contributed by atoms with Gasteiger partial charge in [-0.1, -0.05) is 29.8 Å². The molecule has 1 aromatic rings. The minimum atomic E-state index is -0.0987. The van der Waals surface area contributed by atoms with Crippen molar-refractivity contribution >= 4 is 23.6 Å². The summed E-state index contributed by atoms with van der Waals surface area (Å²) in [7, 11) is 1.70. The Morgan fingerprint density at radius 2 is 2.18 bits per heavy atom. The first-order chi connectivity index (χ1) is 8.15. The Morgan fingerprint density at radius 3 is 2.82 bits per heavy atom. The van der Waals surface area contributed by atoms with Crippen LogP contribution in [0, 0.1) is 0 Å². The molecule has 17 heavy (non-hydrogen) atoms. The predicted octanol–water partition coefficient (Wildman–Crippen LogP) is 2.19. The van der Waals surface area contributed by atoms with Crippen LogP contribution in [0.25, 0.3) is 6.08 Å². The summed E-state index contributed by atoms with van der Waals surface area (Å²) >= 11 is 5.96. The molecule has 0 aromatic heterocycles. The quantitative estimate of drug-likeness (QED) is 0.818. The first kappa shape index (κ1) is 13.7. The number of hydrogen-bond acceptors (Lipinski definition) is 2. The first-order valence-electron chi connectivity index (χ1n) is 5.43. The lowest BCUT2D eigenvalue weighted by molar-refractivity contribution is -0.124. The maximum Gasteiger partial charge on any atom is 0.246 e. The largest absolute Gasteiger partial charge is 0.396 e. The van der Waals surface area contributed by atoms with Crippen LogP contribution in [0.1, 0.15) is 12.0 Å². The van der Waals surface area contributed by atoms with E-state index >= 15 is 0 Å². The zero-order valence-electron chi connectivity index (χ0n) is 9.77. The zero-order valence-corrected chi connectivity index (χ0v) is 10.5. The fourth-order valence-corrected chi connectivity index (χ4v) is 1.52. The van der Waals surface area contributed by atoms with Crippen LogP contribution in [0.2, 0.25) is 5.02 Å². The Hall–Kier alpha value is -1.32. The highest BCUT2D eigenvalue weighted by Crippen LogP contribution is 2.16. The van der Waals surface area contributed by atoms with Crippen molar-refractivity contribution in [1.82, 2.24) is 4.90 Å². The normalized spacial score (nSPS) is 10.8. The van der Waals surface area contributed by atoms with E-state index in [0.717, 1.165) is 5.56 Å². The third kappa shape index (κ3) is 4.59. The number of rotatable bonds is 5. The molecule has 0 aliphatic heterocycles. The van der Waals surface area contributed by atoms with E-state index in [1.807, 2.05) is 18.2 Å². The molecule has 0 atom stereocenters. The van der Waals surface area contributed by atoms with E-state index in [2.05, 4.69) is 0 Å². The van der Waals surface area contributed by atoms with Gasteiger partial charge in [0, 0.05) is 31.3 Å². The van der Waals surface area contributed by atoms with Crippen LogP contribution in [-0.2, 0) is 4.79 Å². The molecule has 0 heterocycles. The van der Waals surface area contributed by atoms with Gasteiger partial charge in [0.05, 0.1) is 0 Å². The molecule has 0 saturated carbocycles. The number of nitrogens with zero attached hydrogens (tertiary/aromatic N) is 1. The van der Waals surface area contributed by atoms with Crippen molar-refractivity contribution < 1.29 is 9.90 Å². The van der Waals surface area contributed by atoms with Gasteiger partial charge in [0.2, 0.25) is 5.91 Å². The second kappa shape index (κ2) is 7.09. The minimum absolute atomic E-state index is 0.0891. The summed E-state index contributed by atoms with van der Waals surface area (Å²) in [6, 6.07) is 7.33. The van der Waals surface area contributed by atoms with E-state index in [4.69, 9.17) is 16.7 Å². The predicted molar refractivity (Wildman–Crippen MR) is 69.8 cm³/mol. The van der Waals surface area contributed by atoms with Gasteiger partial charge >= 0.3 is 0 Å². The number of carbonyl (C=O) groups is 1. The molecule has 0 unspecified atom stereocenters. The van der Waals surface area contributed by atoms with Gasteiger partial charge in [-0.15, -0.1) is 0 Å². The molecule has 4 heteroatoms. The molecule has 0 fully saturated rings. The fourth-order valence-electron chi connectivity index (χ4n) is 1.32. The highest BCUT2D eigenvalue weighted by molar-refractivity contribution is 6.32. The summed E-state index contributed by atoms with van der Waals surface area (Å²) in [5.41, 5.74) is 0.818. The van der Waals surface area contributed by atoms with Crippen LogP contribution in [0.4, 0.5) is 0 Å². The SMILES string of the molecule is CN(CCCO)C(=O)/C=C/c1ccccc1Cl. The molecule has 3 nitrogen and oxygen atoms in total. The molecule has 0 spiro atoms. The van der Waals surface area contributed by atoms with Crippen molar-refractivity contribution in [2.45, 2.75) is 6.42 Å². The highest BCUT2D eigenvalue weighted by atomic mass is 35.5. The number of aliphatic hydroxyl groups is 1. The van der Waals surface area contributed by atoms with Crippen molar-refractivity contribution in [2.24, 2.45) is 0 Å². The topological polar surface area (TPSA) is 40.5 Å². The number of carbonyl (C=O) groups excluding carboxylic acids is 1. The Bertz CT molecular complexity index is 404. The number of amides is 1. The van der Waals surface area contributed by atoms with Gasteiger partial charge in [-0.25, -0.2) is 0 Å². The number of benzene rings is 1. The summed E-state index contributed by atoms with van der Waals surface area (Å²) in [5, 5.41) is 9.29. The minimum Gasteiger partial charge on any atom is -0.396 e. The van der Waals surface area contributed by atoms with Gasteiger partial charge in [-0.2, -0.15) is 0 Å². The maximum atomic E-state index is 11.6. The monoisotopic (exact) mass is 253 g/mol. The fraction of sp³-hybridized carbons (Fsp3) is 0.308. The van der Waals surface area contributed by atoms with Gasteiger partial charge in [-0.3, -0.25) is 4.79 Å². The third-order valence-electron chi connectivity index (χ3n) is 2.34. The molecule has 1 amide bonds. The molecule has 1 aromatic carbocycles. The summed E-state index contributed by atoms with van der Waals surface area (Å²) < 4.78 is 0. The Kier molecular flexibility index (Phi) is 5.73. The molecule has 1 N–H and O–H groups in total. The lowest BCUT2D eigenvalue weighted by atomic mass is 10.2. The molecule has 1 rings (SSSR count). The molecule has 0 aliphatic rings. The molecular formula is C13H16ClNO2. The van der Waals surface area contributed by atoms with Crippen LogP contribution in [0.3, 0.4) is 0 Å². The summed E-state index contributed by atoms with van der Waals surface area (Å²) in [5.74, 6) is -0.0987. The van der Waals surface area contributed by atoms with E-state index in [1.54, 1.807) is 24.1 Å². The van der Waals surface area contributed by atoms with Crippen molar-refractivity contribution in [1.29, 1.82) is 0 Å². The Balaban J connectivity index is 2.59. The molecular weight excluding hydrogens is 238 g/mol. The van der Waals surface area contributed by atoms with E-state index in [0.29, 0.717) is 18.0 Å². The van der Waals surface area contributed by atoms with E-state index < -0.39 is 0 Å². The molecule has 92 valence electrons. The van der Waals surface area contributed by atoms with Crippen LogP contribution in [-0.4, -0.2) is 36.1 Å². The van der Waals surface area contributed by atoms with Crippen LogP contribution in [0.15, 0.2) is 30.3 Å². The Morgan fingerprint density at radius 1 is 1.47 bits per heavy atom.